The van der Waals surface area contributed by atoms with Crippen molar-refractivity contribution in [3.05, 3.63) is 70.4 Å². The van der Waals surface area contributed by atoms with Crippen LogP contribution in [-0.4, -0.2) is 66.1 Å². The summed E-state index contributed by atoms with van der Waals surface area (Å²) in [5, 5.41) is 17.9. The van der Waals surface area contributed by atoms with Gasteiger partial charge in [-0.1, -0.05) is 12.1 Å². The van der Waals surface area contributed by atoms with Crippen LogP contribution in [0.3, 0.4) is 0 Å². The number of halogens is 1. The van der Waals surface area contributed by atoms with E-state index in [-0.39, 0.29) is 17.7 Å². The fourth-order valence-corrected chi connectivity index (χ4v) is 4.56. The highest BCUT2D eigenvalue weighted by Gasteiger charge is 2.23. The number of hydrogen-bond acceptors (Lipinski definition) is 8. The average molecular weight is 494 g/mol. The number of pyridine rings is 1. The van der Waals surface area contributed by atoms with E-state index in [0.717, 1.165) is 55.2 Å². The van der Waals surface area contributed by atoms with Gasteiger partial charge in [-0.3, -0.25) is 9.13 Å². The van der Waals surface area contributed by atoms with Crippen molar-refractivity contribution < 1.29 is 9.31 Å². The summed E-state index contributed by atoms with van der Waals surface area (Å²) in [7, 11) is 1.73. The molecule has 1 aromatic carbocycles. The lowest BCUT2D eigenvalue weighted by atomic mass is 10.1. The number of likely N-dealkylation sites (tertiary alicyclic amines) is 1. The molecule has 0 atom stereocenters. The largest absolute Gasteiger partial charge is 0.406 e. The molecule has 1 aliphatic heterocycles. The van der Waals surface area contributed by atoms with Crippen LogP contribution in [0.2, 0.25) is 0 Å². The maximum absolute atomic E-state index is 13.4. The fraction of sp³-hybridized carbons (Fsp3) is 0.375. The Labute approximate surface area is 207 Å². The lowest BCUT2D eigenvalue weighted by Gasteiger charge is -2.32. The van der Waals surface area contributed by atoms with Crippen molar-refractivity contribution in [2.24, 2.45) is 7.05 Å². The summed E-state index contributed by atoms with van der Waals surface area (Å²) < 4.78 is 17.0. The van der Waals surface area contributed by atoms with Crippen molar-refractivity contribution in [3.8, 4) is 0 Å². The molecule has 1 aliphatic rings. The number of aryl methyl sites for hydroxylation is 1. The summed E-state index contributed by atoms with van der Waals surface area (Å²) in [4.78, 5) is 26.1. The highest BCUT2D eigenvalue weighted by Crippen LogP contribution is 2.23. The molecule has 0 amide bonds. The minimum Gasteiger partial charge on any atom is -0.363 e. The van der Waals surface area contributed by atoms with Gasteiger partial charge < -0.3 is 25.6 Å². The summed E-state index contributed by atoms with van der Waals surface area (Å²) in [6, 6.07) is 10.6. The van der Waals surface area contributed by atoms with Crippen LogP contribution in [0.25, 0.3) is 11.2 Å². The van der Waals surface area contributed by atoms with E-state index in [1.54, 1.807) is 29.9 Å². The first kappa shape index (κ1) is 23.7. The van der Waals surface area contributed by atoms with E-state index < -0.39 is 4.92 Å². The van der Waals surface area contributed by atoms with Crippen molar-refractivity contribution in [1.82, 2.24) is 29.0 Å². The Morgan fingerprint density at radius 3 is 2.69 bits per heavy atom. The molecule has 0 bridgehead atoms. The van der Waals surface area contributed by atoms with Crippen LogP contribution in [0, 0.1) is 15.9 Å². The zero-order valence-electron chi connectivity index (χ0n) is 20.0. The standard InChI is InChI=1S/C24H28FN9O2/c1-31-16-28-23(34(35)36)22(31)27-11-14-32-12-8-19(9-13-32)29-24-30-20-3-2-10-26-21(20)33(24)15-17-4-6-18(25)7-5-17/h2-7,10,16,19,27H,8-9,11-15H2,1H3,(H,29,30). The highest BCUT2D eigenvalue weighted by molar-refractivity contribution is 5.74. The van der Waals surface area contributed by atoms with Crippen molar-refractivity contribution in [2.45, 2.75) is 25.4 Å². The number of hydrogen-bond donors (Lipinski definition) is 2. The van der Waals surface area contributed by atoms with Crippen LogP contribution in [0.4, 0.5) is 22.0 Å². The zero-order chi connectivity index (χ0) is 25.1. The van der Waals surface area contributed by atoms with Crippen molar-refractivity contribution >= 4 is 28.7 Å². The van der Waals surface area contributed by atoms with Crippen LogP contribution < -0.4 is 10.6 Å². The molecule has 0 aliphatic carbocycles. The van der Waals surface area contributed by atoms with Crippen molar-refractivity contribution in [2.75, 3.05) is 36.8 Å². The number of piperidine rings is 1. The number of fused-ring (bicyclic) bond motifs is 1. The summed E-state index contributed by atoms with van der Waals surface area (Å²) in [6.07, 6.45) is 5.08. The number of imidazole rings is 2. The zero-order valence-corrected chi connectivity index (χ0v) is 20.0. The lowest BCUT2D eigenvalue weighted by molar-refractivity contribution is -0.388. The normalized spacial score (nSPS) is 14.8. The highest BCUT2D eigenvalue weighted by atomic mass is 19.1. The van der Waals surface area contributed by atoms with E-state index in [4.69, 9.17) is 4.98 Å². The number of nitrogens with one attached hydrogen (secondary N) is 2. The maximum atomic E-state index is 13.4. The topological polar surface area (TPSA) is 119 Å². The Hall–Kier alpha value is -4.06. The first-order valence-electron chi connectivity index (χ1n) is 11.9. The van der Waals surface area contributed by atoms with Gasteiger partial charge in [0.25, 0.3) is 0 Å². The van der Waals surface area contributed by atoms with Gasteiger partial charge in [0.05, 0.1) is 6.54 Å². The molecule has 2 N–H and O–H groups in total. The summed E-state index contributed by atoms with van der Waals surface area (Å²) in [5.41, 5.74) is 2.58. The van der Waals surface area contributed by atoms with E-state index >= 15 is 0 Å². The molecule has 188 valence electrons. The fourth-order valence-electron chi connectivity index (χ4n) is 4.56. The van der Waals surface area contributed by atoms with Gasteiger partial charge in [-0.05, 0) is 52.6 Å². The molecule has 1 fully saturated rings. The molecule has 36 heavy (non-hydrogen) atoms. The molecule has 0 unspecified atom stereocenters. The minimum atomic E-state index is -0.474. The number of benzene rings is 1. The maximum Gasteiger partial charge on any atom is 0.406 e. The molecule has 12 heteroatoms. The molecule has 0 radical (unpaired) electrons. The molecule has 4 aromatic rings. The SMILES string of the molecule is Cn1cnc([N+](=O)[O-])c1NCCN1CCC(Nc2nc3cccnc3n2Cc2ccc(F)cc2)CC1. The van der Waals surface area contributed by atoms with Gasteiger partial charge >= 0.3 is 5.82 Å². The number of rotatable bonds is 9. The second-order valence-electron chi connectivity index (χ2n) is 8.97. The summed E-state index contributed by atoms with van der Waals surface area (Å²) in [5.74, 6) is 0.770. The molecule has 3 aromatic heterocycles. The van der Waals surface area contributed by atoms with E-state index in [1.165, 1.54) is 18.5 Å². The second-order valence-corrected chi connectivity index (χ2v) is 8.97. The molecule has 0 saturated carbocycles. The van der Waals surface area contributed by atoms with Gasteiger partial charge in [0.15, 0.2) is 5.65 Å². The lowest BCUT2D eigenvalue weighted by Crippen LogP contribution is -2.41. The molecule has 11 nitrogen and oxygen atoms in total. The Bertz CT molecular complexity index is 1340. The monoisotopic (exact) mass is 493 g/mol. The number of anilines is 2. The molecule has 5 rings (SSSR count). The summed E-state index contributed by atoms with van der Waals surface area (Å²) >= 11 is 0. The molecular weight excluding hydrogens is 465 g/mol. The number of nitro groups is 1. The van der Waals surface area contributed by atoms with Gasteiger partial charge in [-0.25, -0.2) is 14.4 Å². The van der Waals surface area contributed by atoms with Gasteiger partial charge in [0, 0.05) is 45.5 Å². The first-order valence-corrected chi connectivity index (χ1v) is 11.9. The Morgan fingerprint density at radius 2 is 1.94 bits per heavy atom. The third-order valence-corrected chi connectivity index (χ3v) is 6.49. The Balaban J connectivity index is 1.19. The predicted octanol–water partition coefficient (Wildman–Crippen LogP) is 3.25. The smallest absolute Gasteiger partial charge is 0.363 e. The summed E-state index contributed by atoms with van der Waals surface area (Å²) in [6.45, 7) is 3.73. The Morgan fingerprint density at radius 1 is 1.17 bits per heavy atom. The second kappa shape index (κ2) is 10.3. The van der Waals surface area contributed by atoms with E-state index in [0.29, 0.717) is 18.9 Å². The average Bonchev–Trinajstić information content (AvgIpc) is 3.41. The van der Waals surface area contributed by atoms with Crippen LogP contribution in [0.15, 0.2) is 48.9 Å². The Kier molecular flexibility index (Phi) is 6.76. The number of nitrogens with zero attached hydrogens (tertiary/aromatic N) is 7. The van der Waals surface area contributed by atoms with Crippen LogP contribution in [-0.2, 0) is 13.6 Å². The van der Waals surface area contributed by atoms with Crippen molar-refractivity contribution in [3.63, 3.8) is 0 Å². The molecule has 0 spiro atoms. The molecule has 4 heterocycles. The van der Waals surface area contributed by atoms with Gasteiger partial charge in [-0.2, -0.15) is 0 Å². The predicted molar refractivity (Wildman–Crippen MR) is 134 cm³/mol. The quantitative estimate of drug-likeness (QED) is 0.269. The third kappa shape index (κ3) is 5.13. The van der Waals surface area contributed by atoms with E-state index in [2.05, 4.69) is 25.5 Å². The van der Waals surface area contributed by atoms with Crippen molar-refractivity contribution in [1.29, 1.82) is 0 Å². The van der Waals surface area contributed by atoms with Crippen LogP contribution >= 0.6 is 0 Å². The van der Waals surface area contributed by atoms with E-state index in [9.17, 15) is 14.5 Å². The first-order chi connectivity index (χ1) is 17.5. The molecule has 1 saturated heterocycles. The van der Waals surface area contributed by atoms with Gasteiger partial charge in [0.2, 0.25) is 18.1 Å². The minimum absolute atomic E-state index is 0.154. The van der Waals surface area contributed by atoms with Crippen LogP contribution in [0.1, 0.15) is 18.4 Å². The van der Waals surface area contributed by atoms with Crippen LogP contribution in [0.5, 0.6) is 0 Å². The number of aromatic nitrogens is 5. The van der Waals surface area contributed by atoms with E-state index in [1.807, 2.05) is 16.7 Å². The molecular formula is C24H28FN9O2. The van der Waals surface area contributed by atoms with Gasteiger partial charge in [-0.15, -0.1) is 0 Å². The third-order valence-electron chi connectivity index (χ3n) is 6.49. The van der Waals surface area contributed by atoms with Gasteiger partial charge in [0.1, 0.15) is 11.3 Å².